The van der Waals surface area contributed by atoms with Crippen molar-refractivity contribution in [3.8, 4) is 5.75 Å². The topological polar surface area (TPSA) is 34.2 Å². The van der Waals surface area contributed by atoms with Gasteiger partial charge in [-0.05, 0) is 18.6 Å². The van der Waals surface area contributed by atoms with E-state index in [2.05, 4.69) is 33.2 Å². The van der Waals surface area contributed by atoms with Crippen molar-refractivity contribution in [2.24, 2.45) is 0 Å². The van der Waals surface area contributed by atoms with Crippen molar-refractivity contribution in [2.75, 3.05) is 11.9 Å². The zero-order chi connectivity index (χ0) is 13.7. The molecule has 0 radical (unpaired) electrons. The summed E-state index contributed by atoms with van der Waals surface area (Å²) in [4.78, 5) is 5.24. The van der Waals surface area contributed by atoms with E-state index in [4.69, 9.17) is 4.74 Å². The second-order valence-corrected chi connectivity index (χ2v) is 5.98. The van der Waals surface area contributed by atoms with Crippen molar-refractivity contribution in [2.45, 2.75) is 20.0 Å². The fourth-order valence-electron chi connectivity index (χ4n) is 1.45. The van der Waals surface area contributed by atoms with Gasteiger partial charge in [-0.3, -0.25) is 0 Å². The van der Waals surface area contributed by atoms with E-state index >= 15 is 0 Å². The summed E-state index contributed by atoms with van der Waals surface area (Å²) >= 11 is 4.78. The number of nitrogens with zero attached hydrogens (tertiary/aromatic N) is 1. The van der Waals surface area contributed by atoms with Gasteiger partial charge in [0, 0.05) is 23.3 Å². The molecule has 0 aliphatic heterocycles. The number of thiazole rings is 1. The molecule has 1 aromatic carbocycles. The first-order valence-corrected chi connectivity index (χ1v) is 7.56. The van der Waals surface area contributed by atoms with Gasteiger partial charge in [0.25, 0.3) is 0 Å². The third-order valence-electron chi connectivity index (χ3n) is 2.30. The third-order valence-corrected chi connectivity index (χ3v) is 3.68. The Labute approximate surface area is 124 Å². The lowest BCUT2D eigenvalue weighted by atomic mass is 10.3. The van der Waals surface area contributed by atoms with Crippen LogP contribution in [0.4, 0.5) is 9.52 Å². The second-order valence-electron chi connectivity index (χ2n) is 3.95. The molecule has 3 nitrogen and oxygen atoms in total. The summed E-state index contributed by atoms with van der Waals surface area (Å²) in [5.41, 5.74) is 0. The van der Waals surface area contributed by atoms with Crippen LogP contribution < -0.4 is 10.1 Å². The van der Waals surface area contributed by atoms with Crippen molar-refractivity contribution in [3.63, 3.8) is 0 Å². The smallest absolute Gasteiger partial charge is 0.182 e. The number of benzene rings is 1. The van der Waals surface area contributed by atoms with Gasteiger partial charge in [-0.1, -0.05) is 34.2 Å². The minimum absolute atomic E-state index is 0.320. The van der Waals surface area contributed by atoms with E-state index in [0.29, 0.717) is 16.8 Å². The quantitative estimate of drug-likeness (QED) is 0.840. The molecule has 1 heterocycles. The minimum Gasteiger partial charge on any atom is -0.488 e. The summed E-state index contributed by atoms with van der Waals surface area (Å²) in [6.45, 7) is 3.40. The molecule has 0 bridgehead atoms. The molecular weight excluding hydrogens is 331 g/mol. The minimum atomic E-state index is -0.320. The number of hydrogen-bond acceptors (Lipinski definition) is 4. The van der Waals surface area contributed by atoms with Crippen LogP contribution in [-0.2, 0) is 6.61 Å². The molecule has 0 saturated carbocycles. The van der Waals surface area contributed by atoms with Crippen LogP contribution in [0.5, 0.6) is 5.75 Å². The molecule has 0 atom stereocenters. The van der Waals surface area contributed by atoms with Gasteiger partial charge in [0.05, 0.1) is 4.88 Å². The monoisotopic (exact) mass is 344 g/mol. The summed E-state index contributed by atoms with van der Waals surface area (Å²) in [7, 11) is 0. The first kappa shape index (κ1) is 14.3. The molecule has 2 rings (SSSR count). The highest BCUT2D eigenvalue weighted by atomic mass is 79.9. The lowest BCUT2D eigenvalue weighted by Gasteiger charge is -2.05. The SMILES string of the molecule is CCCNc1ncc(COc2cc(F)cc(Br)c2)s1. The number of rotatable bonds is 6. The lowest BCUT2D eigenvalue weighted by Crippen LogP contribution is -1.97. The van der Waals surface area contributed by atoms with Crippen LogP contribution >= 0.6 is 27.3 Å². The fourth-order valence-corrected chi connectivity index (χ4v) is 2.65. The maximum Gasteiger partial charge on any atom is 0.182 e. The normalized spacial score (nSPS) is 10.5. The van der Waals surface area contributed by atoms with Gasteiger partial charge in [0.15, 0.2) is 5.13 Å². The molecule has 0 unspecified atom stereocenters. The molecule has 19 heavy (non-hydrogen) atoms. The molecule has 6 heteroatoms. The van der Waals surface area contributed by atoms with E-state index in [1.807, 2.05) is 0 Å². The Morgan fingerprint density at radius 1 is 1.42 bits per heavy atom. The van der Waals surface area contributed by atoms with Gasteiger partial charge < -0.3 is 10.1 Å². The van der Waals surface area contributed by atoms with Gasteiger partial charge in [0.2, 0.25) is 0 Å². The highest BCUT2D eigenvalue weighted by Crippen LogP contribution is 2.23. The molecule has 0 aliphatic rings. The zero-order valence-corrected chi connectivity index (χ0v) is 12.9. The average Bonchev–Trinajstić information content (AvgIpc) is 2.81. The van der Waals surface area contributed by atoms with Crippen LogP contribution in [0.15, 0.2) is 28.9 Å². The molecule has 2 aromatic rings. The van der Waals surface area contributed by atoms with Crippen LogP contribution in [0.1, 0.15) is 18.2 Å². The molecular formula is C13H14BrFN2OS. The van der Waals surface area contributed by atoms with Crippen LogP contribution in [-0.4, -0.2) is 11.5 Å². The van der Waals surface area contributed by atoms with Crippen molar-refractivity contribution in [1.29, 1.82) is 0 Å². The van der Waals surface area contributed by atoms with Crippen molar-refractivity contribution >= 4 is 32.4 Å². The Bertz CT molecular complexity index is 527. The molecule has 0 saturated heterocycles. The summed E-state index contributed by atoms with van der Waals surface area (Å²) in [5, 5.41) is 4.11. The van der Waals surface area contributed by atoms with Gasteiger partial charge in [-0.2, -0.15) is 0 Å². The Morgan fingerprint density at radius 2 is 2.26 bits per heavy atom. The van der Waals surface area contributed by atoms with Gasteiger partial charge >= 0.3 is 0 Å². The van der Waals surface area contributed by atoms with Crippen molar-refractivity contribution in [1.82, 2.24) is 4.98 Å². The molecule has 0 fully saturated rings. The lowest BCUT2D eigenvalue weighted by molar-refractivity contribution is 0.307. The van der Waals surface area contributed by atoms with Crippen molar-refractivity contribution < 1.29 is 9.13 Å². The highest BCUT2D eigenvalue weighted by molar-refractivity contribution is 9.10. The standard InChI is InChI=1S/C13H14BrFN2OS/c1-2-3-16-13-17-7-12(19-13)8-18-11-5-9(14)4-10(15)6-11/h4-7H,2-3,8H2,1H3,(H,16,17). The van der Waals surface area contributed by atoms with E-state index in [1.165, 1.54) is 12.1 Å². The summed E-state index contributed by atoms with van der Waals surface area (Å²) < 4.78 is 19.4. The first-order valence-electron chi connectivity index (χ1n) is 5.95. The molecule has 1 aromatic heterocycles. The predicted octanol–water partition coefficient (Wildman–Crippen LogP) is 4.45. The van der Waals surface area contributed by atoms with Crippen molar-refractivity contribution in [3.05, 3.63) is 39.6 Å². The largest absolute Gasteiger partial charge is 0.488 e. The number of ether oxygens (including phenoxy) is 1. The maximum atomic E-state index is 13.2. The molecule has 102 valence electrons. The van der Waals surface area contributed by atoms with E-state index in [9.17, 15) is 4.39 Å². The number of aromatic nitrogens is 1. The Morgan fingerprint density at radius 3 is 3.00 bits per heavy atom. The molecule has 1 N–H and O–H groups in total. The van der Waals surface area contributed by atoms with E-state index < -0.39 is 0 Å². The van der Waals surface area contributed by atoms with Gasteiger partial charge in [-0.15, -0.1) is 0 Å². The van der Waals surface area contributed by atoms with Crippen LogP contribution in [0, 0.1) is 5.82 Å². The zero-order valence-electron chi connectivity index (χ0n) is 10.5. The molecule has 0 spiro atoms. The van der Waals surface area contributed by atoms with E-state index in [1.54, 1.807) is 23.6 Å². The average molecular weight is 345 g/mol. The third kappa shape index (κ3) is 4.47. The number of halogens is 2. The molecule has 0 amide bonds. The number of hydrogen-bond donors (Lipinski definition) is 1. The predicted molar refractivity (Wildman–Crippen MR) is 79.3 cm³/mol. The second kappa shape index (κ2) is 6.86. The fraction of sp³-hybridized carbons (Fsp3) is 0.308. The summed E-state index contributed by atoms with van der Waals surface area (Å²) in [6, 6.07) is 4.49. The van der Waals surface area contributed by atoms with Crippen LogP contribution in [0.3, 0.4) is 0 Å². The summed E-state index contributed by atoms with van der Waals surface area (Å²) in [5.74, 6) is 0.183. The van der Waals surface area contributed by atoms with Crippen LogP contribution in [0.2, 0.25) is 0 Å². The molecule has 0 aliphatic carbocycles. The first-order chi connectivity index (χ1) is 9.17. The van der Waals surface area contributed by atoms with Gasteiger partial charge in [0.1, 0.15) is 18.2 Å². The van der Waals surface area contributed by atoms with Gasteiger partial charge in [-0.25, -0.2) is 9.37 Å². The van der Waals surface area contributed by atoms with E-state index in [0.717, 1.165) is 23.0 Å². The number of anilines is 1. The maximum absolute atomic E-state index is 13.2. The van der Waals surface area contributed by atoms with Crippen LogP contribution in [0.25, 0.3) is 0 Å². The summed E-state index contributed by atoms with van der Waals surface area (Å²) in [6.07, 6.45) is 2.83. The Hall–Kier alpha value is -1.14. The Balaban J connectivity index is 1.92. The highest BCUT2D eigenvalue weighted by Gasteiger charge is 2.04. The Kier molecular flexibility index (Phi) is 5.15. The number of nitrogens with one attached hydrogen (secondary N) is 1. The van der Waals surface area contributed by atoms with E-state index in [-0.39, 0.29) is 5.82 Å².